The number of ether oxygens (including phenoxy) is 1. The molecule has 2 atom stereocenters. The van der Waals surface area contributed by atoms with Gasteiger partial charge in [-0.1, -0.05) is 19.8 Å². The maximum atomic E-state index is 11.7. The Kier molecular flexibility index (Phi) is 8.89. The zero-order valence-corrected chi connectivity index (χ0v) is 14.5. The molecule has 0 aromatic rings. The molecule has 1 saturated carbocycles. The topological polar surface area (TPSA) is 66.0 Å². The molecule has 0 aliphatic heterocycles. The molecule has 1 aliphatic rings. The Morgan fingerprint density at radius 2 is 2.05 bits per heavy atom. The fourth-order valence-corrected chi connectivity index (χ4v) is 2.57. The molecular weight excluding hydrogens is 280 g/mol. The number of amides is 1. The molecule has 1 rings (SSSR count). The number of carbonyl (C=O) groups is 1. The number of guanidine groups is 1. The third-order valence-corrected chi connectivity index (χ3v) is 4.12. The molecular formula is C16H32N4O2. The van der Waals surface area contributed by atoms with Crippen LogP contribution in [0.1, 0.15) is 39.0 Å². The van der Waals surface area contributed by atoms with E-state index in [0.29, 0.717) is 12.0 Å². The standard InChI is InChI=1S/C16H32N4O2/c1-13-8-5-6-9-14(13)19-16(17-10-7-11-22-4)18-12-15(21)20(2)3/h13-14H,5-12H2,1-4H3,(H2,17,18,19). The van der Waals surface area contributed by atoms with Crippen LogP contribution >= 0.6 is 0 Å². The number of rotatable bonds is 7. The summed E-state index contributed by atoms with van der Waals surface area (Å²) in [6.45, 7) is 3.96. The first-order valence-electron chi connectivity index (χ1n) is 8.28. The molecule has 1 amide bonds. The number of nitrogens with one attached hydrogen (secondary N) is 2. The maximum absolute atomic E-state index is 11.7. The summed E-state index contributed by atoms with van der Waals surface area (Å²) < 4.78 is 5.06. The summed E-state index contributed by atoms with van der Waals surface area (Å²) >= 11 is 0. The molecule has 0 aromatic carbocycles. The summed E-state index contributed by atoms with van der Waals surface area (Å²) in [5, 5.41) is 6.81. The number of hydrogen-bond acceptors (Lipinski definition) is 3. The number of methoxy groups -OCH3 is 1. The van der Waals surface area contributed by atoms with Crippen molar-refractivity contribution in [2.24, 2.45) is 10.9 Å². The van der Waals surface area contributed by atoms with Crippen LogP contribution in [-0.2, 0) is 9.53 Å². The molecule has 128 valence electrons. The van der Waals surface area contributed by atoms with E-state index in [2.05, 4.69) is 22.5 Å². The van der Waals surface area contributed by atoms with E-state index in [-0.39, 0.29) is 12.5 Å². The summed E-state index contributed by atoms with van der Waals surface area (Å²) in [6, 6.07) is 0.442. The van der Waals surface area contributed by atoms with Crippen molar-refractivity contribution in [3.8, 4) is 0 Å². The van der Waals surface area contributed by atoms with E-state index in [1.54, 1.807) is 26.1 Å². The number of aliphatic imine (C=N–C) groups is 1. The summed E-state index contributed by atoms with van der Waals surface area (Å²) in [4.78, 5) is 17.7. The average Bonchev–Trinajstić information content (AvgIpc) is 2.50. The van der Waals surface area contributed by atoms with Crippen molar-refractivity contribution < 1.29 is 9.53 Å². The van der Waals surface area contributed by atoms with Crippen molar-refractivity contribution in [1.29, 1.82) is 0 Å². The molecule has 2 N–H and O–H groups in total. The van der Waals surface area contributed by atoms with Gasteiger partial charge in [-0.15, -0.1) is 0 Å². The Labute approximate surface area is 134 Å². The number of carbonyl (C=O) groups excluding carboxylic acids is 1. The van der Waals surface area contributed by atoms with Crippen LogP contribution in [0, 0.1) is 5.92 Å². The van der Waals surface area contributed by atoms with E-state index in [4.69, 9.17) is 4.74 Å². The lowest BCUT2D eigenvalue weighted by Crippen LogP contribution is -2.48. The van der Waals surface area contributed by atoms with E-state index >= 15 is 0 Å². The van der Waals surface area contributed by atoms with Crippen molar-refractivity contribution in [2.45, 2.75) is 45.1 Å². The van der Waals surface area contributed by atoms with Gasteiger partial charge < -0.3 is 20.3 Å². The van der Waals surface area contributed by atoms with Gasteiger partial charge in [0.1, 0.15) is 6.54 Å². The predicted octanol–water partition coefficient (Wildman–Crippen LogP) is 1.23. The second-order valence-corrected chi connectivity index (χ2v) is 6.24. The van der Waals surface area contributed by atoms with Gasteiger partial charge in [0.25, 0.3) is 0 Å². The molecule has 22 heavy (non-hydrogen) atoms. The summed E-state index contributed by atoms with van der Waals surface area (Å²) in [7, 11) is 5.20. The second-order valence-electron chi connectivity index (χ2n) is 6.24. The van der Waals surface area contributed by atoms with Gasteiger partial charge in [-0.05, 0) is 25.2 Å². The molecule has 6 nitrogen and oxygen atoms in total. The normalized spacial score (nSPS) is 22.3. The molecule has 1 aliphatic carbocycles. The monoisotopic (exact) mass is 312 g/mol. The van der Waals surface area contributed by atoms with Crippen LogP contribution in [-0.4, -0.2) is 63.7 Å². The smallest absolute Gasteiger partial charge is 0.243 e. The van der Waals surface area contributed by atoms with Crippen LogP contribution in [0.5, 0.6) is 0 Å². The predicted molar refractivity (Wildman–Crippen MR) is 90.0 cm³/mol. The van der Waals surface area contributed by atoms with Crippen molar-refractivity contribution in [2.75, 3.05) is 40.9 Å². The quantitative estimate of drug-likeness (QED) is 0.421. The van der Waals surface area contributed by atoms with Crippen LogP contribution in [0.25, 0.3) is 0 Å². The molecule has 0 heterocycles. The van der Waals surface area contributed by atoms with Crippen molar-refractivity contribution in [1.82, 2.24) is 15.5 Å². The minimum absolute atomic E-state index is 0.00897. The van der Waals surface area contributed by atoms with Crippen molar-refractivity contribution >= 4 is 11.9 Å². The zero-order chi connectivity index (χ0) is 16.4. The molecule has 0 aromatic heterocycles. The minimum atomic E-state index is 0.00897. The molecule has 1 fully saturated rings. The Morgan fingerprint density at radius 1 is 1.32 bits per heavy atom. The van der Waals surface area contributed by atoms with Gasteiger partial charge in [0.05, 0.1) is 0 Å². The summed E-state index contributed by atoms with van der Waals surface area (Å²) in [6.07, 6.45) is 5.91. The highest BCUT2D eigenvalue weighted by Crippen LogP contribution is 2.23. The zero-order valence-electron chi connectivity index (χ0n) is 14.5. The van der Waals surface area contributed by atoms with Crippen LogP contribution in [0.15, 0.2) is 4.99 Å². The number of hydrogen-bond donors (Lipinski definition) is 2. The van der Waals surface area contributed by atoms with E-state index in [9.17, 15) is 4.79 Å². The third-order valence-electron chi connectivity index (χ3n) is 4.12. The SMILES string of the molecule is COCCCNC(=NCC(=O)N(C)C)NC1CCCCC1C. The highest BCUT2D eigenvalue weighted by Gasteiger charge is 2.22. The Balaban J connectivity index is 2.55. The highest BCUT2D eigenvalue weighted by atomic mass is 16.5. The van der Waals surface area contributed by atoms with Gasteiger partial charge in [0, 0.05) is 40.4 Å². The first kappa shape index (κ1) is 18.7. The number of nitrogens with zero attached hydrogens (tertiary/aromatic N) is 2. The molecule has 0 saturated heterocycles. The molecule has 6 heteroatoms. The fraction of sp³-hybridized carbons (Fsp3) is 0.875. The largest absolute Gasteiger partial charge is 0.385 e. The van der Waals surface area contributed by atoms with E-state index in [1.165, 1.54) is 25.7 Å². The highest BCUT2D eigenvalue weighted by molar-refractivity contribution is 5.84. The van der Waals surface area contributed by atoms with E-state index in [0.717, 1.165) is 25.5 Å². The van der Waals surface area contributed by atoms with Gasteiger partial charge in [0.15, 0.2) is 5.96 Å². The molecule has 0 spiro atoms. The fourth-order valence-electron chi connectivity index (χ4n) is 2.57. The molecule has 2 unspecified atom stereocenters. The molecule has 0 bridgehead atoms. The van der Waals surface area contributed by atoms with Crippen molar-refractivity contribution in [3.63, 3.8) is 0 Å². The summed E-state index contributed by atoms with van der Waals surface area (Å²) in [5.41, 5.74) is 0. The second kappa shape index (κ2) is 10.4. The van der Waals surface area contributed by atoms with Crippen molar-refractivity contribution in [3.05, 3.63) is 0 Å². The van der Waals surface area contributed by atoms with E-state index in [1.807, 2.05) is 0 Å². The van der Waals surface area contributed by atoms with Gasteiger partial charge in [-0.25, -0.2) is 4.99 Å². The van der Waals surface area contributed by atoms with Gasteiger partial charge in [-0.2, -0.15) is 0 Å². The Hall–Kier alpha value is -1.30. The van der Waals surface area contributed by atoms with Gasteiger partial charge >= 0.3 is 0 Å². The van der Waals surface area contributed by atoms with Crippen LogP contribution in [0.4, 0.5) is 0 Å². The maximum Gasteiger partial charge on any atom is 0.243 e. The molecule has 0 radical (unpaired) electrons. The summed E-state index contributed by atoms with van der Waals surface area (Å²) in [5.74, 6) is 1.39. The first-order chi connectivity index (χ1) is 10.5. The van der Waals surface area contributed by atoms with E-state index < -0.39 is 0 Å². The Morgan fingerprint density at radius 3 is 2.68 bits per heavy atom. The van der Waals surface area contributed by atoms with Gasteiger partial charge in [-0.3, -0.25) is 4.79 Å². The average molecular weight is 312 g/mol. The van der Waals surface area contributed by atoms with Gasteiger partial charge in [0.2, 0.25) is 5.91 Å². The van der Waals surface area contributed by atoms with Crippen LogP contribution in [0.3, 0.4) is 0 Å². The number of likely N-dealkylation sites (N-methyl/N-ethyl adjacent to an activating group) is 1. The Bertz CT molecular complexity index is 358. The van der Waals surface area contributed by atoms with Crippen LogP contribution < -0.4 is 10.6 Å². The lowest BCUT2D eigenvalue weighted by atomic mass is 9.86. The van der Waals surface area contributed by atoms with Crippen LogP contribution in [0.2, 0.25) is 0 Å². The third kappa shape index (κ3) is 7.11. The first-order valence-corrected chi connectivity index (χ1v) is 8.28. The lowest BCUT2D eigenvalue weighted by molar-refractivity contribution is -0.127. The minimum Gasteiger partial charge on any atom is -0.385 e. The lowest BCUT2D eigenvalue weighted by Gasteiger charge is -2.31.